The highest BCUT2D eigenvalue weighted by molar-refractivity contribution is 7.80. The molecule has 178 valence electrons. The fraction of sp³-hybridized carbons (Fsp3) is 0.529. The van der Waals surface area contributed by atoms with Crippen molar-refractivity contribution in [1.29, 1.82) is 0 Å². The zero-order chi connectivity index (χ0) is 24.3. The summed E-state index contributed by atoms with van der Waals surface area (Å²) in [6.07, 6.45) is 2.06. The van der Waals surface area contributed by atoms with Crippen LogP contribution >= 0.6 is 12.6 Å². The number of nitrogens with zero attached hydrogens (tertiary/aromatic N) is 1. The van der Waals surface area contributed by atoms with Crippen molar-refractivity contribution in [2.24, 2.45) is 5.73 Å². The number of aromatic nitrogens is 2. The van der Waals surface area contributed by atoms with E-state index in [0.717, 1.165) is 0 Å². The van der Waals surface area contributed by atoms with Crippen LogP contribution in [0.1, 0.15) is 18.5 Å². The third kappa shape index (κ3) is 8.91. The van der Waals surface area contributed by atoms with Crippen molar-refractivity contribution in [2.45, 2.75) is 43.4 Å². The van der Waals surface area contributed by atoms with Gasteiger partial charge in [-0.2, -0.15) is 12.6 Å². The normalized spacial score (nSPS) is 14.5. The van der Waals surface area contributed by atoms with Gasteiger partial charge in [-0.05, 0) is 6.42 Å². The van der Waals surface area contributed by atoms with Crippen LogP contribution in [0.25, 0.3) is 0 Å². The van der Waals surface area contributed by atoms with E-state index in [9.17, 15) is 29.1 Å². The number of aliphatic carboxylic acids is 2. The molecule has 32 heavy (non-hydrogen) atoms. The molecule has 1 aromatic heterocycles. The summed E-state index contributed by atoms with van der Waals surface area (Å²) in [7, 11) is 0. The maximum Gasteiger partial charge on any atom is 0.327 e. The van der Waals surface area contributed by atoms with Crippen LogP contribution in [0, 0.1) is 0 Å². The van der Waals surface area contributed by atoms with E-state index < -0.39 is 66.9 Å². The van der Waals surface area contributed by atoms with Crippen LogP contribution in [0.4, 0.5) is 0 Å². The number of aliphatic hydroxyl groups is 1. The Balaban J connectivity index is 2.80. The van der Waals surface area contributed by atoms with E-state index in [1.54, 1.807) is 0 Å². The number of carboxylic acids is 2. The molecule has 0 aromatic carbocycles. The minimum atomic E-state index is -1.49. The fourth-order valence-electron chi connectivity index (χ4n) is 2.47. The first-order valence-electron chi connectivity index (χ1n) is 9.39. The van der Waals surface area contributed by atoms with Crippen molar-refractivity contribution in [2.75, 3.05) is 12.4 Å². The molecule has 1 rings (SSSR count). The van der Waals surface area contributed by atoms with Gasteiger partial charge in [0.2, 0.25) is 17.7 Å². The van der Waals surface area contributed by atoms with Gasteiger partial charge in [-0.15, -0.1) is 0 Å². The van der Waals surface area contributed by atoms with Crippen molar-refractivity contribution < 1.29 is 39.3 Å². The van der Waals surface area contributed by atoms with Crippen LogP contribution in [0.3, 0.4) is 0 Å². The first-order valence-corrected chi connectivity index (χ1v) is 10.0. The number of carbonyl (C=O) groups is 5. The summed E-state index contributed by atoms with van der Waals surface area (Å²) in [6.45, 7) is -0.837. The molecule has 3 amide bonds. The molecule has 15 heteroatoms. The van der Waals surface area contributed by atoms with Gasteiger partial charge in [0.25, 0.3) is 0 Å². The average Bonchev–Trinajstić information content (AvgIpc) is 3.25. The van der Waals surface area contributed by atoms with E-state index >= 15 is 0 Å². The number of rotatable bonds is 14. The first kappa shape index (κ1) is 26.9. The average molecular weight is 474 g/mol. The van der Waals surface area contributed by atoms with E-state index in [4.69, 9.17) is 15.9 Å². The maximum absolute atomic E-state index is 12.5. The second-order valence-electron chi connectivity index (χ2n) is 6.71. The molecule has 0 aliphatic carbocycles. The van der Waals surface area contributed by atoms with Gasteiger partial charge in [-0.1, -0.05) is 0 Å². The molecule has 1 aromatic rings. The summed E-state index contributed by atoms with van der Waals surface area (Å²) >= 11 is 3.81. The van der Waals surface area contributed by atoms with Gasteiger partial charge >= 0.3 is 11.9 Å². The molecule has 1 heterocycles. The van der Waals surface area contributed by atoms with Crippen molar-refractivity contribution in [3.63, 3.8) is 0 Å². The standard InChI is InChI=1S/C17H26N6O8S/c18-9(3-8-4-19-7-20-8)14(27)22-11(5-24)16(29)21-10(1-2-13(25)26)15(28)23-12(6-32)17(30)31/h4,7,9-12,24,32H,1-3,5-6,18H2,(H,19,20)(H,21,29)(H,22,27)(H,23,28)(H,25,26)(H,30,31). The highest BCUT2D eigenvalue weighted by Crippen LogP contribution is 2.02. The molecule has 0 fully saturated rings. The van der Waals surface area contributed by atoms with Crippen molar-refractivity contribution in [3.05, 3.63) is 18.2 Å². The molecule has 0 bridgehead atoms. The highest BCUT2D eigenvalue weighted by atomic mass is 32.1. The van der Waals surface area contributed by atoms with Gasteiger partial charge in [-0.3, -0.25) is 19.2 Å². The van der Waals surface area contributed by atoms with E-state index in [0.29, 0.717) is 5.69 Å². The van der Waals surface area contributed by atoms with Gasteiger partial charge in [0, 0.05) is 30.5 Å². The highest BCUT2D eigenvalue weighted by Gasteiger charge is 2.30. The summed E-state index contributed by atoms with van der Waals surface area (Å²) in [4.78, 5) is 65.6. The third-order valence-corrected chi connectivity index (χ3v) is 4.59. The van der Waals surface area contributed by atoms with E-state index in [2.05, 4.69) is 38.5 Å². The van der Waals surface area contributed by atoms with Crippen molar-refractivity contribution >= 4 is 42.3 Å². The third-order valence-electron chi connectivity index (χ3n) is 4.22. The number of hydrogen-bond acceptors (Lipinski definition) is 9. The quantitative estimate of drug-likeness (QED) is 0.121. The zero-order valence-electron chi connectivity index (χ0n) is 16.9. The van der Waals surface area contributed by atoms with Crippen LogP contribution in [0.15, 0.2) is 12.5 Å². The number of nitrogens with one attached hydrogen (secondary N) is 4. The SMILES string of the molecule is NC(Cc1cnc[nH]1)C(=O)NC(CO)C(=O)NC(CCC(=O)O)C(=O)NC(CS)C(=O)O. The monoisotopic (exact) mass is 474 g/mol. The lowest BCUT2D eigenvalue weighted by Crippen LogP contribution is -2.58. The molecule has 0 spiro atoms. The molecule has 14 nitrogen and oxygen atoms in total. The number of imidazole rings is 1. The lowest BCUT2D eigenvalue weighted by atomic mass is 10.1. The summed E-state index contributed by atoms with van der Waals surface area (Å²) in [6, 6.07) is -5.38. The number of amides is 3. The van der Waals surface area contributed by atoms with Crippen molar-refractivity contribution in [3.8, 4) is 0 Å². The van der Waals surface area contributed by atoms with Crippen LogP contribution in [-0.2, 0) is 30.4 Å². The Morgan fingerprint density at radius 1 is 1.03 bits per heavy atom. The number of thiol groups is 1. The number of carboxylic acid groups (broad SMARTS) is 2. The fourth-order valence-corrected chi connectivity index (χ4v) is 2.71. The predicted molar refractivity (Wildman–Crippen MR) is 112 cm³/mol. The maximum atomic E-state index is 12.5. The summed E-state index contributed by atoms with van der Waals surface area (Å²) in [5, 5.41) is 34.0. The Bertz CT molecular complexity index is 805. The number of H-pyrrole nitrogens is 1. The molecule has 4 atom stereocenters. The predicted octanol–water partition coefficient (Wildman–Crippen LogP) is -3.39. The van der Waals surface area contributed by atoms with Gasteiger partial charge < -0.3 is 42.0 Å². The molecule has 0 aliphatic heterocycles. The van der Waals surface area contributed by atoms with Gasteiger partial charge in [0.05, 0.1) is 19.0 Å². The Kier molecular flexibility index (Phi) is 11.2. The second-order valence-corrected chi connectivity index (χ2v) is 7.07. The smallest absolute Gasteiger partial charge is 0.327 e. The molecule has 9 N–H and O–H groups in total. The van der Waals surface area contributed by atoms with Gasteiger partial charge in [-0.25, -0.2) is 9.78 Å². The molecular formula is C17H26N6O8S. The Morgan fingerprint density at radius 3 is 2.12 bits per heavy atom. The zero-order valence-corrected chi connectivity index (χ0v) is 17.7. The molecule has 0 aliphatic rings. The summed E-state index contributed by atoms with van der Waals surface area (Å²) in [5.41, 5.74) is 6.34. The number of aromatic amines is 1. The Labute approximate surface area is 187 Å². The molecular weight excluding hydrogens is 448 g/mol. The minimum Gasteiger partial charge on any atom is -0.481 e. The van der Waals surface area contributed by atoms with Crippen LogP contribution in [0.2, 0.25) is 0 Å². The van der Waals surface area contributed by atoms with E-state index in [1.165, 1.54) is 12.5 Å². The summed E-state index contributed by atoms with van der Waals surface area (Å²) < 4.78 is 0. The Morgan fingerprint density at radius 2 is 1.62 bits per heavy atom. The molecule has 4 unspecified atom stereocenters. The lowest BCUT2D eigenvalue weighted by Gasteiger charge is -2.23. The van der Waals surface area contributed by atoms with Crippen molar-refractivity contribution in [1.82, 2.24) is 25.9 Å². The minimum absolute atomic E-state index is 0.0789. The number of nitrogens with two attached hydrogens (primary N) is 1. The summed E-state index contributed by atoms with van der Waals surface area (Å²) in [5.74, 6) is -5.58. The van der Waals surface area contributed by atoms with E-state index in [-0.39, 0.29) is 18.6 Å². The van der Waals surface area contributed by atoms with E-state index in [1.807, 2.05) is 0 Å². The number of hydrogen-bond donors (Lipinski definition) is 9. The lowest BCUT2D eigenvalue weighted by molar-refractivity contribution is -0.142. The molecule has 0 saturated heterocycles. The molecule has 0 radical (unpaired) electrons. The largest absolute Gasteiger partial charge is 0.481 e. The number of aliphatic hydroxyl groups excluding tert-OH is 1. The van der Waals surface area contributed by atoms with Crippen LogP contribution in [-0.4, -0.2) is 91.5 Å². The topological polar surface area (TPSA) is 237 Å². The van der Waals surface area contributed by atoms with Gasteiger partial charge in [0.15, 0.2) is 0 Å². The Hall–Kier alpha value is -3.17. The number of carbonyl (C=O) groups excluding carboxylic acids is 3. The first-order chi connectivity index (χ1) is 15.1. The van der Waals surface area contributed by atoms with Gasteiger partial charge in [0.1, 0.15) is 18.1 Å². The second kappa shape index (κ2) is 13.3. The van der Waals surface area contributed by atoms with Crippen LogP contribution in [0.5, 0.6) is 0 Å². The van der Waals surface area contributed by atoms with Crippen LogP contribution < -0.4 is 21.7 Å². The molecule has 0 saturated carbocycles.